The highest BCUT2D eigenvalue weighted by atomic mass is 16.5. The Hall–Kier alpha value is -3.35. The van der Waals surface area contributed by atoms with Gasteiger partial charge < -0.3 is 14.8 Å². The Morgan fingerprint density at radius 3 is 2.67 bits per heavy atom. The molecule has 0 atom stereocenters. The molecule has 1 N–H and O–H groups in total. The van der Waals surface area contributed by atoms with Crippen LogP contribution in [-0.2, 0) is 0 Å². The maximum Gasteiger partial charge on any atom is 0.204 e. The maximum absolute atomic E-state index is 5.34. The number of hydrogen-bond donors (Lipinski definition) is 1. The first kappa shape index (κ1) is 14.3. The molecule has 24 heavy (non-hydrogen) atoms. The molecular formula is C17H15N5O2. The zero-order valence-electron chi connectivity index (χ0n) is 13.2. The van der Waals surface area contributed by atoms with Gasteiger partial charge in [-0.05, 0) is 24.3 Å². The summed E-state index contributed by atoms with van der Waals surface area (Å²) < 4.78 is 12.5. The largest absolute Gasteiger partial charge is 0.493 e. The maximum atomic E-state index is 5.34. The molecule has 0 fully saturated rings. The zero-order valence-corrected chi connectivity index (χ0v) is 13.2. The molecule has 2 heterocycles. The van der Waals surface area contributed by atoms with Crippen molar-refractivity contribution in [2.75, 3.05) is 19.5 Å². The van der Waals surface area contributed by atoms with Gasteiger partial charge in [0.1, 0.15) is 6.33 Å². The van der Waals surface area contributed by atoms with E-state index in [1.807, 2.05) is 46.9 Å². The van der Waals surface area contributed by atoms with E-state index in [0.29, 0.717) is 23.0 Å². The lowest BCUT2D eigenvalue weighted by atomic mass is 10.2. The molecule has 0 unspecified atom stereocenters. The summed E-state index contributed by atoms with van der Waals surface area (Å²) in [7, 11) is 3.21. The van der Waals surface area contributed by atoms with Gasteiger partial charge in [0.2, 0.25) is 5.65 Å². The molecule has 0 aliphatic carbocycles. The fraction of sp³-hybridized carbons (Fsp3) is 0.118. The molecule has 0 spiro atoms. The fourth-order valence-corrected chi connectivity index (χ4v) is 2.64. The van der Waals surface area contributed by atoms with E-state index >= 15 is 0 Å². The highest BCUT2D eigenvalue weighted by molar-refractivity contribution is 5.84. The molecule has 0 bridgehead atoms. The van der Waals surface area contributed by atoms with Crippen molar-refractivity contribution in [1.82, 2.24) is 19.6 Å². The molecule has 7 nitrogen and oxygen atoms in total. The average molecular weight is 321 g/mol. The molecule has 0 radical (unpaired) electrons. The first-order valence-electron chi connectivity index (χ1n) is 7.37. The molecule has 0 saturated heterocycles. The molecule has 120 valence electrons. The van der Waals surface area contributed by atoms with E-state index < -0.39 is 0 Å². The van der Waals surface area contributed by atoms with Gasteiger partial charge in [-0.3, -0.25) is 4.40 Å². The number of aromatic nitrogens is 4. The van der Waals surface area contributed by atoms with E-state index in [2.05, 4.69) is 20.5 Å². The Labute approximate surface area is 137 Å². The second-order valence-corrected chi connectivity index (χ2v) is 5.17. The van der Waals surface area contributed by atoms with Gasteiger partial charge in [0.05, 0.1) is 25.3 Å². The average Bonchev–Trinajstić information content (AvgIpc) is 3.12. The van der Waals surface area contributed by atoms with Crippen LogP contribution < -0.4 is 14.8 Å². The summed E-state index contributed by atoms with van der Waals surface area (Å²) in [6.45, 7) is 0. The van der Waals surface area contributed by atoms with Crippen molar-refractivity contribution >= 4 is 28.2 Å². The highest BCUT2D eigenvalue weighted by Gasteiger charge is 2.11. The smallest absolute Gasteiger partial charge is 0.204 e. The number of fused-ring (bicyclic) bond motifs is 3. The first-order valence-corrected chi connectivity index (χ1v) is 7.37. The Kier molecular flexibility index (Phi) is 3.38. The van der Waals surface area contributed by atoms with Crippen molar-refractivity contribution in [2.24, 2.45) is 0 Å². The topological polar surface area (TPSA) is 73.6 Å². The molecule has 0 aliphatic rings. The third kappa shape index (κ3) is 2.26. The number of nitrogens with one attached hydrogen (secondary N) is 1. The lowest BCUT2D eigenvalue weighted by Crippen LogP contribution is -2.00. The molecule has 2 aromatic carbocycles. The van der Waals surface area contributed by atoms with Gasteiger partial charge in [0, 0.05) is 11.8 Å². The van der Waals surface area contributed by atoms with Crippen LogP contribution in [0.25, 0.3) is 16.7 Å². The summed E-state index contributed by atoms with van der Waals surface area (Å²) in [5.41, 5.74) is 3.28. The molecule has 0 saturated carbocycles. The molecule has 4 rings (SSSR count). The van der Waals surface area contributed by atoms with Crippen LogP contribution in [-0.4, -0.2) is 33.8 Å². The van der Waals surface area contributed by atoms with Gasteiger partial charge in [-0.15, -0.1) is 10.2 Å². The van der Waals surface area contributed by atoms with E-state index in [-0.39, 0.29) is 0 Å². The summed E-state index contributed by atoms with van der Waals surface area (Å²) in [6, 6.07) is 13.4. The van der Waals surface area contributed by atoms with Gasteiger partial charge in [-0.25, -0.2) is 4.98 Å². The number of nitrogens with zero attached hydrogens (tertiary/aromatic N) is 4. The van der Waals surface area contributed by atoms with Crippen LogP contribution in [0.4, 0.5) is 11.5 Å². The van der Waals surface area contributed by atoms with Crippen LogP contribution in [0.2, 0.25) is 0 Å². The van der Waals surface area contributed by atoms with Crippen LogP contribution in [0.3, 0.4) is 0 Å². The number of benzene rings is 2. The number of ether oxygens (including phenoxy) is 2. The number of para-hydroxylation sites is 2. The minimum atomic E-state index is 0.624. The first-order chi connectivity index (χ1) is 11.8. The summed E-state index contributed by atoms with van der Waals surface area (Å²) in [6.07, 6.45) is 1.68. The van der Waals surface area contributed by atoms with Crippen molar-refractivity contribution in [2.45, 2.75) is 0 Å². The van der Waals surface area contributed by atoms with Gasteiger partial charge in [0.25, 0.3) is 0 Å². The van der Waals surface area contributed by atoms with E-state index in [4.69, 9.17) is 9.47 Å². The van der Waals surface area contributed by atoms with Crippen LogP contribution in [0.5, 0.6) is 11.5 Å². The molecular weight excluding hydrogens is 306 g/mol. The zero-order chi connectivity index (χ0) is 16.5. The molecule has 4 aromatic rings. The van der Waals surface area contributed by atoms with Crippen molar-refractivity contribution in [3.05, 3.63) is 48.8 Å². The third-order valence-electron chi connectivity index (χ3n) is 3.78. The van der Waals surface area contributed by atoms with E-state index in [9.17, 15) is 0 Å². The second-order valence-electron chi connectivity index (χ2n) is 5.17. The number of hydrogen-bond acceptors (Lipinski definition) is 6. The van der Waals surface area contributed by atoms with E-state index in [0.717, 1.165) is 16.7 Å². The van der Waals surface area contributed by atoms with Crippen LogP contribution in [0, 0.1) is 0 Å². The molecule has 0 amide bonds. The normalized spacial score (nSPS) is 10.9. The van der Waals surface area contributed by atoms with Crippen molar-refractivity contribution in [3.63, 3.8) is 0 Å². The predicted molar refractivity (Wildman–Crippen MR) is 91.1 cm³/mol. The monoisotopic (exact) mass is 321 g/mol. The highest BCUT2D eigenvalue weighted by Crippen LogP contribution is 2.31. The van der Waals surface area contributed by atoms with Crippen LogP contribution in [0.1, 0.15) is 0 Å². The molecule has 0 aliphatic heterocycles. The standard InChI is InChI=1S/C17H15N5O2/c1-23-14-8-7-11(9-15(14)24-2)19-16-17-21-18-10-22(17)13-6-4-3-5-12(13)20-16/h3-10H,1-2H3,(H,19,20). The second kappa shape index (κ2) is 5.69. The van der Waals surface area contributed by atoms with E-state index in [1.165, 1.54) is 0 Å². The Bertz CT molecular complexity index is 1030. The quantitative estimate of drug-likeness (QED) is 0.623. The predicted octanol–water partition coefficient (Wildman–Crippen LogP) is 3.04. The summed E-state index contributed by atoms with van der Waals surface area (Å²) >= 11 is 0. The Balaban J connectivity index is 1.83. The summed E-state index contributed by atoms with van der Waals surface area (Å²) in [5, 5.41) is 11.5. The lowest BCUT2D eigenvalue weighted by Gasteiger charge is -2.12. The summed E-state index contributed by atoms with van der Waals surface area (Å²) in [4.78, 5) is 4.66. The Morgan fingerprint density at radius 2 is 1.83 bits per heavy atom. The van der Waals surface area contributed by atoms with E-state index in [1.54, 1.807) is 20.5 Å². The van der Waals surface area contributed by atoms with Crippen molar-refractivity contribution < 1.29 is 9.47 Å². The number of anilines is 2. The number of methoxy groups -OCH3 is 2. The molecule has 2 aromatic heterocycles. The van der Waals surface area contributed by atoms with Crippen LogP contribution in [0.15, 0.2) is 48.8 Å². The van der Waals surface area contributed by atoms with Gasteiger partial charge >= 0.3 is 0 Å². The minimum absolute atomic E-state index is 0.624. The number of rotatable bonds is 4. The Morgan fingerprint density at radius 1 is 1.00 bits per heavy atom. The summed E-state index contributed by atoms with van der Waals surface area (Å²) in [5.74, 6) is 1.93. The lowest BCUT2D eigenvalue weighted by molar-refractivity contribution is 0.355. The minimum Gasteiger partial charge on any atom is -0.493 e. The van der Waals surface area contributed by atoms with Gasteiger partial charge in [0.15, 0.2) is 17.3 Å². The SMILES string of the molecule is COc1ccc(Nc2nc3ccccc3n3cnnc23)cc1OC. The van der Waals surface area contributed by atoms with Gasteiger partial charge in [-0.2, -0.15) is 0 Å². The van der Waals surface area contributed by atoms with Crippen molar-refractivity contribution in [3.8, 4) is 11.5 Å². The third-order valence-corrected chi connectivity index (χ3v) is 3.78. The van der Waals surface area contributed by atoms with Gasteiger partial charge in [-0.1, -0.05) is 12.1 Å². The van der Waals surface area contributed by atoms with Crippen LogP contribution >= 0.6 is 0 Å². The molecule has 7 heteroatoms. The fourth-order valence-electron chi connectivity index (χ4n) is 2.64. The van der Waals surface area contributed by atoms with Crippen molar-refractivity contribution in [1.29, 1.82) is 0 Å².